The van der Waals surface area contributed by atoms with Crippen molar-refractivity contribution in [2.24, 2.45) is 0 Å². The van der Waals surface area contributed by atoms with Crippen LogP contribution in [0, 0.1) is 0 Å². The summed E-state index contributed by atoms with van der Waals surface area (Å²) in [5.41, 5.74) is 5.88. The Kier molecular flexibility index (Phi) is 3.62. The number of hydrogen-bond donors (Lipinski definition) is 1. The number of halogens is 1. The minimum atomic E-state index is 0.208. The zero-order valence-corrected chi connectivity index (χ0v) is 14.9. The van der Waals surface area contributed by atoms with Gasteiger partial charge in [-0.2, -0.15) is 0 Å². The first kappa shape index (κ1) is 15.9. The van der Waals surface area contributed by atoms with Crippen molar-refractivity contribution in [2.75, 3.05) is 0 Å². The van der Waals surface area contributed by atoms with Crippen molar-refractivity contribution in [2.45, 2.75) is 0 Å². The van der Waals surface area contributed by atoms with E-state index in [-0.39, 0.29) is 5.75 Å². The van der Waals surface area contributed by atoms with E-state index >= 15 is 0 Å². The summed E-state index contributed by atoms with van der Waals surface area (Å²) < 4.78 is 6.14. The Morgan fingerprint density at radius 2 is 1.63 bits per heavy atom. The molecule has 0 aliphatic rings. The molecule has 0 spiro atoms. The van der Waals surface area contributed by atoms with Crippen molar-refractivity contribution >= 4 is 33.7 Å². The summed E-state index contributed by atoms with van der Waals surface area (Å²) in [6.07, 6.45) is 0. The number of furan rings is 1. The first-order valence-electron chi connectivity index (χ1n) is 8.57. The van der Waals surface area contributed by atoms with Crippen LogP contribution in [0.2, 0.25) is 5.02 Å². The smallest absolute Gasteiger partial charge is 0.161 e. The first-order valence-corrected chi connectivity index (χ1v) is 8.94. The lowest BCUT2D eigenvalue weighted by molar-refractivity contribution is 0.475. The molecule has 0 saturated heterocycles. The molecule has 0 unspecified atom stereocenters. The Morgan fingerprint density at radius 1 is 0.815 bits per heavy atom. The highest BCUT2D eigenvalue weighted by Gasteiger charge is 2.16. The molecule has 5 aromatic rings. The fourth-order valence-electron chi connectivity index (χ4n) is 3.34. The van der Waals surface area contributed by atoms with Crippen LogP contribution in [0.3, 0.4) is 0 Å². The van der Waals surface area contributed by atoms with Gasteiger partial charge in [-0.1, -0.05) is 48.0 Å². The number of benzene rings is 3. The summed E-state index contributed by atoms with van der Waals surface area (Å²) >= 11 is 6.06. The van der Waals surface area contributed by atoms with Gasteiger partial charge in [-0.3, -0.25) is 0 Å². The van der Waals surface area contributed by atoms with E-state index in [0.717, 1.165) is 44.5 Å². The topological polar surface area (TPSA) is 46.3 Å². The fraction of sp³-hybridized carbons (Fsp3) is 0. The molecular weight excluding hydrogens is 358 g/mol. The van der Waals surface area contributed by atoms with Gasteiger partial charge < -0.3 is 9.52 Å². The van der Waals surface area contributed by atoms with Gasteiger partial charge in [0.05, 0.1) is 5.69 Å². The van der Waals surface area contributed by atoms with Crippen molar-refractivity contribution in [3.63, 3.8) is 0 Å². The Hall–Kier alpha value is -3.30. The van der Waals surface area contributed by atoms with E-state index < -0.39 is 0 Å². The van der Waals surface area contributed by atoms with E-state index in [0.29, 0.717) is 5.02 Å². The maximum atomic E-state index is 9.88. The molecule has 0 aliphatic heterocycles. The van der Waals surface area contributed by atoms with Crippen molar-refractivity contribution in [3.8, 4) is 28.1 Å². The lowest BCUT2D eigenvalue weighted by atomic mass is 10.0. The second kappa shape index (κ2) is 6.15. The van der Waals surface area contributed by atoms with Crippen molar-refractivity contribution < 1.29 is 9.52 Å². The quantitative estimate of drug-likeness (QED) is 0.376. The molecule has 0 amide bonds. The van der Waals surface area contributed by atoms with E-state index in [9.17, 15) is 5.11 Å². The zero-order chi connectivity index (χ0) is 18.4. The predicted octanol–water partition coefficient (Wildman–Crippen LogP) is 6.67. The molecule has 2 heterocycles. The number of hydrogen-bond acceptors (Lipinski definition) is 3. The van der Waals surface area contributed by atoms with Gasteiger partial charge in [0.2, 0.25) is 0 Å². The van der Waals surface area contributed by atoms with Gasteiger partial charge in [-0.25, -0.2) is 4.98 Å². The van der Waals surface area contributed by atoms with E-state index in [2.05, 4.69) is 0 Å². The van der Waals surface area contributed by atoms with Gasteiger partial charge in [-0.05, 0) is 48.0 Å². The number of nitrogens with zero attached hydrogens (tertiary/aromatic N) is 1. The first-order chi connectivity index (χ1) is 13.2. The molecule has 0 aliphatic carbocycles. The Balaban J connectivity index is 1.87. The molecule has 2 aromatic heterocycles. The van der Waals surface area contributed by atoms with Crippen LogP contribution in [0.5, 0.6) is 5.75 Å². The average molecular weight is 372 g/mol. The molecule has 3 nitrogen and oxygen atoms in total. The van der Waals surface area contributed by atoms with Crippen molar-refractivity contribution in [3.05, 3.63) is 83.9 Å². The number of para-hydroxylation sites is 1. The maximum Gasteiger partial charge on any atom is 0.161 e. The summed E-state index contributed by atoms with van der Waals surface area (Å²) in [7, 11) is 0. The Labute approximate surface area is 160 Å². The van der Waals surface area contributed by atoms with Gasteiger partial charge in [0, 0.05) is 21.5 Å². The molecule has 0 saturated carbocycles. The fourth-order valence-corrected chi connectivity index (χ4v) is 3.46. The summed E-state index contributed by atoms with van der Waals surface area (Å²) in [6, 6.07) is 24.6. The van der Waals surface area contributed by atoms with Crippen molar-refractivity contribution in [1.82, 2.24) is 4.98 Å². The molecule has 4 heteroatoms. The number of aromatic hydroxyl groups is 1. The second-order valence-electron chi connectivity index (χ2n) is 6.39. The highest BCUT2D eigenvalue weighted by atomic mass is 35.5. The molecule has 27 heavy (non-hydrogen) atoms. The molecule has 0 atom stereocenters. The largest absolute Gasteiger partial charge is 0.508 e. The SMILES string of the molecule is Oc1cccc(-c2cc(-c3ccc(Cl)cc3)c3oc4ccccc4c3n2)c1. The van der Waals surface area contributed by atoms with E-state index in [1.807, 2.05) is 66.7 Å². The van der Waals surface area contributed by atoms with Gasteiger partial charge in [-0.15, -0.1) is 0 Å². The average Bonchev–Trinajstić information content (AvgIpc) is 3.07. The minimum absolute atomic E-state index is 0.208. The predicted molar refractivity (Wildman–Crippen MR) is 109 cm³/mol. The van der Waals surface area contributed by atoms with Gasteiger partial charge in [0.25, 0.3) is 0 Å². The molecule has 5 rings (SSSR count). The number of pyridine rings is 1. The van der Waals surface area contributed by atoms with Crippen LogP contribution in [-0.4, -0.2) is 10.1 Å². The van der Waals surface area contributed by atoms with E-state index in [1.165, 1.54) is 0 Å². The lowest BCUT2D eigenvalue weighted by Crippen LogP contribution is -1.88. The number of fused-ring (bicyclic) bond motifs is 3. The van der Waals surface area contributed by atoms with Crippen LogP contribution in [0.25, 0.3) is 44.5 Å². The van der Waals surface area contributed by atoms with Crippen LogP contribution >= 0.6 is 11.6 Å². The summed E-state index contributed by atoms with van der Waals surface area (Å²) in [6.45, 7) is 0. The number of phenols is 1. The second-order valence-corrected chi connectivity index (χ2v) is 6.82. The lowest BCUT2D eigenvalue weighted by Gasteiger charge is -2.08. The van der Waals surface area contributed by atoms with Crippen LogP contribution in [0.4, 0.5) is 0 Å². The molecular formula is C23H14ClNO2. The summed E-state index contributed by atoms with van der Waals surface area (Å²) in [5, 5.41) is 11.5. The summed E-state index contributed by atoms with van der Waals surface area (Å²) in [4.78, 5) is 4.85. The number of aromatic nitrogens is 1. The molecule has 1 N–H and O–H groups in total. The van der Waals surface area contributed by atoms with E-state index in [1.54, 1.807) is 12.1 Å². The standard InChI is InChI=1S/C23H14ClNO2/c24-16-10-8-14(9-11-16)19-13-20(15-4-3-5-17(26)12-15)25-22-18-6-1-2-7-21(18)27-23(19)22/h1-13,26H. The van der Waals surface area contributed by atoms with Crippen LogP contribution < -0.4 is 0 Å². The number of phenolic OH excluding ortho intramolecular Hbond substituents is 1. The normalized spacial score (nSPS) is 11.3. The number of rotatable bonds is 2. The van der Waals surface area contributed by atoms with Gasteiger partial charge in [0.15, 0.2) is 5.58 Å². The molecule has 3 aromatic carbocycles. The third-order valence-electron chi connectivity index (χ3n) is 4.62. The van der Waals surface area contributed by atoms with Crippen molar-refractivity contribution in [1.29, 1.82) is 0 Å². The minimum Gasteiger partial charge on any atom is -0.508 e. The zero-order valence-electron chi connectivity index (χ0n) is 14.2. The van der Waals surface area contributed by atoms with Crippen LogP contribution in [0.1, 0.15) is 0 Å². The Bertz CT molecular complexity index is 1290. The van der Waals surface area contributed by atoms with Gasteiger partial charge in [0.1, 0.15) is 16.8 Å². The Morgan fingerprint density at radius 3 is 2.44 bits per heavy atom. The molecule has 0 fully saturated rings. The van der Waals surface area contributed by atoms with Crippen LogP contribution in [0.15, 0.2) is 83.3 Å². The van der Waals surface area contributed by atoms with Crippen LogP contribution in [-0.2, 0) is 0 Å². The molecule has 0 radical (unpaired) electrons. The van der Waals surface area contributed by atoms with Gasteiger partial charge >= 0.3 is 0 Å². The summed E-state index contributed by atoms with van der Waals surface area (Å²) in [5.74, 6) is 0.208. The van der Waals surface area contributed by atoms with E-state index in [4.69, 9.17) is 21.0 Å². The third kappa shape index (κ3) is 2.73. The highest BCUT2D eigenvalue weighted by molar-refractivity contribution is 6.30. The third-order valence-corrected chi connectivity index (χ3v) is 4.88. The molecule has 0 bridgehead atoms. The molecule has 130 valence electrons. The maximum absolute atomic E-state index is 9.88. The monoisotopic (exact) mass is 371 g/mol. The highest BCUT2D eigenvalue weighted by Crippen LogP contribution is 2.38.